The number of nitrogen functional groups attached to an aromatic ring is 1. The Morgan fingerprint density at radius 2 is 2.00 bits per heavy atom. The highest BCUT2D eigenvalue weighted by Crippen LogP contribution is 2.20. The van der Waals surface area contributed by atoms with Gasteiger partial charge in [-0.1, -0.05) is 29.4 Å². The van der Waals surface area contributed by atoms with E-state index in [1.807, 2.05) is 0 Å². The Balaban J connectivity index is 2.33. The van der Waals surface area contributed by atoms with Gasteiger partial charge in [-0.2, -0.15) is 0 Å². The van der Waals surface area contributed by atoms with Crippen molar-refractivity contribution in [1.29, 1.82) is 0 Å². The van der Waals surface area contributed by atoms with Gasteiger partial charge in [-0.3, -0.25) is 0 Å². The monoisotopic (exact) mass is 192 g/mol. The number of alkyl halides is 1. The maximum Gasteiger partial charge on any atom is 0.222 e. The molecule has 0 fully saturated rings. The number of benzene rings is 1. The van der Waals surface area contributed by atoms with Crippen LogP contribution in [-0.4, -0.2) is 5.16 Å². The maximum absolute atomic E-state index is 12.2. The van der Waals surface area contributed by atoms with E-state index in [1.54, 1.807) is 30.3 Å². The van der Waals surface area contributed by atoms with Crippen molar-refractivity contribution in [2.75, 3.05) is 5.73 Å². The van der Waals surface area contributed by atoms with Gasteiger partial charge in [0.05, 0.1) is 0 Å². The van der Waals surface area contributed by atoms with Crippen molar-refractivity contribution in [1.82, 2.24) is 5.16 Å². The van der Waals surface area contributed by atoms with Crippen molar-refractivity contribution >= 4 is 5.88 Å². The highest BCUT2D eigenvalue weighted by atomic mass is 19.1. The predicted octanol–water partition coefficient (Wildman–Crippen LogP) is 2.39. The topological polar surface area (TPSA) is 52.0 Å². The molecule has 2 N–H and O–H groups in total. The number of nitrogens with two attached hydrogens (primary N) is 1. The third-order valence-electron chi connectivity index (χ3n) is 1.93. The van der Waals surface area contributed by atoms with Gasteiger partial charge in [0, 0.05) is 11.6 Å². The second-order valence-corrected chi connectivity index (χ2v) is 2.95. The zero-order valence-electron chi connectivity index (χ0n) is 7.40. The predicted molar refractivity (Wildman–Crippen MR) is 51.2 cm³/mol. The van der Waals surface area contributed by atoms with Crippen LogP contribution in [0.15, 0.2) is 34.9 Å². The van der Waals surface area contributed by atoms with Crippen LogP contribution >= 0.6 is 0 Å². The molecule has 0 unspecified atom stereocenters. The van der Waals surface area contributed by atoms with Crippen molar-refractivity contribution in [3.63, 3.8) is 0 Å². The van der Waals surface area contributed by atoms with Crippen LogP contribution in [0.1, 0.15) is 5.56 Å². The molecule has 0 radical (unpaired) electrons. The highest BCUT2D eigenvalue weighted by molar-refractivity contribution is 5.61. The largest absolute Gasteiger partial charge is 0.368 e. The first-order valence-electron chi connectivity index (χ1n) is 4.17. The van der Waals surface area contributed by atoms with E-state index in [1.165, 1.54) is 0 Å². The third kappa shape index (κ3) is 1.59. The van der Waals surface area contributed by atoms with Crippen LogP contribution in [0.2, 0.25) is 0 Å². The summed E-state index contributed by atoms with van der Waals surface area (Å²) in [5.74, 6) is 0.273. The molecule has 2 aromatic rings. The SMILES string of the molecule is Nc1cc(-c2ccc(CF)cc2)no1. The first-order chi connectivity index (χ1) is 6.79. The van der Waals surface area contributed by atoms with Gasteiger partial charge in [0.2, 0.25) is 5.88 Å². The quantitative estimate of drug-likeness (QED) is 0.794. The summed E-state index contributed by atoms with van der Waals surface area (Å²) in [6, 6.07) is 8.61. The van der Waals surface area contributed by atoms with Crippen LogP contribution < -0.4 is 5.73 Å². The van der Waals surface area contributed by atoms with Gasteiger partial charge in [-0.15, -0.1) is 0 Å². The summed E-state index contributed by atoms with van der Waals surface area (Å²) in [7, 11) is 0. The van der Waals surface area contributed by atoms with Crippen LogP contribution in [0.5, 0.6) is 0 Å². The molecule has 14 heavy (non-hydrogen) atoms. The molecule has 1 aromatic carbocycles. The molecule has 0 atom stereocenters. The molecule has 0 bridgehead atoms. The third-order valence-corrected chi connectivity index (χ3v) is 1.93. The van der Waals surface area contributed by atoms with E-state index >= 15 is 0 Å². The number of hydrogen-bond acceptors (Lipinski definition) is 3. The second-order valence-electron chi connectivity index (χ2n) is 2.95. The Morgan fingerprint density at radius 1 is 1.29 bits per heavy atom. The summed E-state index contributed by atoms with van der Waals surface area (Å²) >= 11 is 0. The minimum absolute atomic E-state index is 0.273. The molecule has 2 rings (SSSR count). The number of rotatable bonds is 2. The molecule has 0 aliphatic carbocycles. The van der Waals surface area contributed by atoms with Crippen molar-refractivity contribution in [3.05, 3.63) is 35.9 Å². The van der Waals surface area contributed by atoms with E-state index in [-0.39, 0.29) is 5.88 Å². The lowest BCUT2D eigenvalue weighted by Gasteiger charge is -1.96. The van der Waals surface area contributed by atoms with Crippen molar-refractivity contribution < 1.29 is 8.91 Å². The van der Waals surface area contributed by atoms with Gasteiger partial charge in [0.25, 0.3) is 0 Å². The Labute approximate surface area is 80.3 Å². The molecule has 0 saturated carbocycles. The Bertz CT molecular complexity index is 422. The van der Waals surface area contributed by atoms with E-state index in [9.17, 15) is 4.39 Å². The Kier molecular flexibility index (Phi) is 2.18. The standard InChI is InChI=1S/C10H9FN2O/c11-6-7-1-3-8(4-2-7)9-5-10(12)14-13-9/h1-5H,6,12H2. The zero-order valence-corrected chi connectivity index (χ0v) is 7.40. The van der Waals surface area contributed by atoms with Gasteiger partial charge in [0.15, 0.2) is 0 Å². The van der Waals surface area contributed by atoms with E-state index < -0.39 is 6.67 Å². The van der Waals surface area contributed by atoms with Crippen LogP contribution in [0.25, 0.3) is 11.3 Å². The molecule has 0 saturated heterocycles. The van der Waals surface area contributed by atoms with Crippen LogP contribution in [0, 0.1) is 0 Å². The van der Waals surface area contributed by atoms with Crippen molar-refractivity contribution in [2.45, 2.75) is 6.67 Å². The first-order valence-corrected chi connectivity index (χ1v) is 4.17. The summed E-state index contributed by atoms with van der Waals surface area (Å²) < 4.78 is 16.9. The fourth-order valence-corrected chi connectivity index (χ4v) is 1.19. The fourth-order valence-electron chi connectivity index (χ4n) is 1.19. The van der Waals surface area contributed by atoms with Crippen molar-refractivity contribution in [3.8, 4) is 11.3 Å². The summed E-state index contributed by atoms with van der Waals surface area (Å²) in [6.07, 6.45) is 0. The highest BCUT2D eigenvalue weighted by Gasteiger charge is 2.03. The summed E-state index contributed by atoms with van der Waals surface area (Å²) in [6.45, 7) is -0.457. The molecule has 0 amide bonds. The lowest BCUT2D eigenvalue weighted by Crippen LogP contribution is -1.80. The normalized spacial score (nSPS) is 10.4. The number of anilines is 1. The molecule has 1 heterocycles. The fraction of sp³-hybridized carbons (Fsp3) is 0.100. The number of aromatic nitrogens is 1. The zero-order chi connectivity index (χ0) is 9.97. The molecule has 3 nitrogen and oxygen atoms in total. The second kappa shape index (κ2) is 3.49. The molecular formula is C10H9FN2O. The van der Waals surface area contributed by atoms with Crippen LogP contribution in [-0.2, 0) is 6.67 Å². The lowest BCUT2D eigenvalue weighted by molar-refractivity contribution is 0.439. The smallest absolute Gasteiger partial charge is 0.222 e. The van der Waals surface area contributed by atoms with E-state index in [2.05, 4.69) is 5.16 Å². The number of halogens is 1. The minimum Gasteiger partial charge on any atom is -0.368 e. The maximum atomic E-state index is 12.2. The molecule has 0 spiro atoms. The van der Waals surface area contributed by atoms with E-state index in [4.69, 9.17) is 10.3 Å². The molecule has 0 aliphatic rings. The van der Waals surface area contributed by atoms with Crippen molar-refractivity contribution in [2.24, 2.45) is 0 Å². The van der Waals surface area contributed by atoms with Crippen LogP contribution in [0.4, 0.5) is 10.3 Å². The average Bonchev–Trinajstić information content (AvgIpc) is 2.65. The first kappa shape index (κ1) is 8.74. The van der Waals surface area contributed by atoms with Gasteiger partial charge in [-0.25, -0.2) is 4.39 Å². The Morgan fingerprint density at radius 3 is 2.50 bits per heavy atom. The lowest BCUT2D eigenvalue weighted by atomic mass is 10.1. The molecule has 72 valence electrons. The number of hydrogen-bond donors (Lipinski definition) is 1. The van der Waals surface area contributed by atoms with Gasteiger partial charge in [-0.05, 0) is 5.56 Å². The average molecular weight is 192 g/mol. The van der Waals surface area contributed by atoms with E-state index in [0.29, 0.717) is 11.3 Å². The van der Waals surface area contributed by atoms with Gasteiger partial charge in [0.1, 0.15) is 12.4 Å². The molecular weight excluding hydrogens is 183 g/mol. The summed E-state index contributed by atoms with van der Waals surface area (Å²) in [5.41, 5.74) is 7.55. The molecule has 0 aliphatic heterocycles. The minimum atomic E-state index is -0.457. The summed E-state index contributed by atoms with van der Waals surface area (Å²) in [4.78, 5) is 0. The Hall–Kier alpha value is -1.84. The van der Waals surface area contributed by atoms with E-state index in [0.717, 1.165) is 5.56 Å². The summed E-state index contributed by atoms with van der Waals surface area (Å²) in [5, 5.41) is 3.75. The number of nitrogens with zero attached hydrogens (tertiary/aromatic N) is 1. The van der Waals surface area contributed by atoms with Crippen LogP contribution in [0.3, 0.4) is 0 Å². The molecule has 1 aromatic heterocycles. The van der Waals surface area contributed by atoms with Gasteiger partial charge < -0.3 is 10.3 Å². The molecule has 4 heteroatoms. The van der Waals surface area contributed by atoms with Gasteiger partial charge >= 0.3 is 0 Å².